The molecule has 6 aliphatic rings. The maximum atomic E-state index is 14.2. The van der Waals surface area contributed by atoms with Crippen LogP contribution in [0, 0.1) is 56.2 Å². The Morgan fingerprint density at radius 1 is 0.944 bits per heavy atom. The Balaban J connectivity index is 1.31. The SMILES string of the molecule is CNCC(=O)N(CC1CC1)C[C@H](O)[C@@]12CC[C@]3(C)[C@H](CC[C@@H]4[C@@]5(C)CC[C@H](OC(=O)CC(C)(C)C(=O)O)C(C)(C)[C@]5(S)CC[C@]43C)C1=C(C(C)C)C(=O)C2. The molecular weight excluding hydrogens is 701 g/mol. The van der Waals surface area contributed by atoms with Crippen molar-refractivity contribution < 1.29 is 34.1 Å². The van der Waals surface area contributed by atoms with Gasteiger partial charge in [-0.25, -0.2) is 0 Å². The van der Waals surface area contributed by atoms with Gasteiger partial charge in [0.1, 0.15) is 6.10 Å². The third kappa shape index (κ3) is 6.15. The number of carboxylic acid groups (broad SMARTS) is 1. The lowest BCUT2D eigenvalue weighted by Gasteiger charge is -2.75. The molecule has 10 heteroatoms. The Hall–Kier alpha value is -1.91. The monoisotopic (exact) mass is 770 g/mol. The fourth-order valence-electron chi connectivity index (χ4n) is 13.3. The van der Waals surface area contributed by atoms with E-state index in [-0.39, 0.29) is 65.4 Å². The first-order chi connectivity index (χ1) is 25.0. The van der Waals surface area contributed by atoms with Crippen LogP contribution >= 0.6 is 12.6 Å². The molecule has 0 aromatic rings. The number of aliphatic carboxylic acids is 1. The summed E-state index contributed by atoms with van der Waals surface area (Å²) in [4.78, 5) is 54.3. The third-order valence-electron chi connectivity index (χ3n) is 17.0. The Bertz CT molecular complexity index is 1590. The van der Waals surface area contributed by atoms with Gasteiger partial charge in [0, 0.05) is 35.1 Å². The molecule has 6 aliphatic carbocycles. The number of allylic oxidation sites excluding steroid dienone is 1. The predicted octanol–water partition coefficient (Wildman–Crippen LogP) is 7.25. The number of amides is 1. The van der Waals surface area contributed by atoms with Gasteiger partial charge in [-0.3, -0.25) is 19.2 Å². The molecule has 3 N–H and O–H groups in total. The number of esters is 1. The lowest BCUT2D eigenvalue weighted by atomic mass is 9.32. The molecule has 9 atom stereocenters. The number of aliphatic hydroxyl groups is 1. The predicted molar refractivity (Wildman–Crippen MR) is 213 cm³/mol. The maximum Gasteiger partial charge on any atom is 0.309 e. The van der Waals surface area contributed by atoms with E-state index >= 15 is 0 Å². The van der Waals surface area contributed by atoms with E-state index in [9.17, 15) is 29.4 Å². The number of carbonyl (C=O) groups excluding carboxylic acids is 3. The Kier molecular flexibility index (Phi) is 10.7. The van der Waals surface area contributed by atoms with E-state index in [0.29, 0.717) is 31.2 Å². The summed E-state index contributed by atoms with van der Waals surface area (Å²) in [7, 11) is 1.78. The molecule has 0 bridgehead atoms. The van der Waals surface area contributed by atoms with E-state index in [2.05, 4.69) is 53.8 Å². The second-order valence-electron chi connectivity index (χ2n) is 20.9. The van der Waals surface area contributed by atoms with E-state index in [1.165, 1.54) is 5.57 Å². The highest BCUT2D eigenvalue weighted by atomic mass is 32.1. The number of likely N-dealkylation sites (N-methyl/N-ethyl adjacent to an activating group) is 1. The van der Waals surface area contributed by atoms with Crippen LogP contribution in [0.4, 0.5) is 0 Å². The molecule has 9 nitrogen and oxygen atoms in total. The van der Waals surface area contributed by atoms with Gasteiger partial charge in [-0.15, -0.1) is 0 Å². The van der Waals surface area contributed by atoms with Crippen molar-refractivity contribution in [1.82, 2.24) is 10.2 Å². The molecule has 54 heavy (non-hydrogen) atoms. The number of ketones is 1. The summed E-state index contributed by atoms with van der Waals surface area (Å²) in [5.74, 6) is -0.234. The van der Waals surface area contributed by atoms with Crippen LogP contribution in [0.15, 0.2) is 11.1 Å². The molecule has 304 valence electrons. The van der Waals surface area contributed by atoms with Gasteiger partial charge in [-0.05, 0) is 131 Å². The fraction of sp³-hybridized carbons (Fsp3) is 0.864. The number of hydrogen-bond donors (Lipinski definition) is 4. The molecule has 0 heterocycles. The molecule has 5 fully saturated rings. The number of carbonyl (C=O) groups is 4. The van der Waals surface area contributed by atoms with E-state index in [1.54, 1.807) is 20.9 Å². The number of hydrogen-bond acceptors (Lipinski definition) is 8. The van der Waals surface area contributed by atoms with E-state index < -0.39 is 39.0 Å². The number of carboxylic acids is 1. The molecule has 5 saturated carbocycles. The number of nitrogens with one attached hydrogen (secondary N) is 1. The second kappa shape index (κ2) is 13.9. The smallest absolute Gasteiger partial charge is 0.309 e. The van der Waals surface area contributed by atoms with Crippen molar-refractivity contribution in [3.05, 3.63) is 11.1 Å². The number of fused-ring (bicyclic) bond motifs is 7. The second-order valence-corrected chi connectivity index (χ2v) is 21.7. The van der Waals surface area contributed by atoms with Gasteiger partial charge < -0.3 is 25.2 Å². The van der Waals surface area contributed by atoms with Crippen LogP contribution in [0.5, 0.6) is 0 Å². The molecule has 6 rings (SSSR count). The van der Waals surface area contributed by atoms with Crippen molar-refractivity contribution in [1.29, 1.82) is 0 Å². The van der Waals surface area contributed by atoms with Crippen LogP contribution in [0.3, 0.4) is 0 Å². The quantitative estimate of drug-likeness (QED) is 0.121. The van der Waals surface area contributed by atoms with Crippen LogP contribution in [0.1, 0.15) is 139 Å². The summed E-state index contributed by atoms with van der Waals surface area (Å²) < 4.78 is 5.76. The summed E-state index contributed by atoms with van der Waals surface area (Å²) in [6.45, 7) is 20.4. The molecule has 0 saturated heterocycles. The van der Waals surface area contributed by atoms with Gasteiger partial charge >= 0.3 is 11.9 Å². The summed E-state index contributed by atoms with van der Waals surface area (Å²) >= 11 is 5.68. The number of aliphatic hydroxyl groups excluding tert-OH is 1. The van der Waals surface area contributed by atoms with Crippen molar-refractivity contribution in [2.45, 2.75) is 156 Å². The zero-order valence-corrected chi connectivity index (χ0v) is 35.8. The normalized spacial score (nSPS) is 39.3. The number of ether oxygens (including phenoxy) is 1. The maximum absolute atomic E-state index is 14.2. The van der Waals surface area contributed by atoms with Crippen LogP contribution in [-0.2, 0) is 23.9 Å². The van der Waals surface area contributed by atoms with E-state index in [0.717, 1.165) is 63.4 Å². The molecular formula is C44H70N2O7S. The summed E-state index contributed by atoms with van der Waals surface area (Å²) in [6.07, 6.45) is 8.17. The standard InChI is InChI=1S/C44H70N2O7S/c1-26(2)35-29(47)21-43(31(48)25-46(24-27-11-12-27)33(49)23-45-10)19-17-40(7)28(36(35)43)13-14-30-41(40,8)18-20-44(54)39(5,6)32(15-16-42(30,44)9)53-34(50)22-38(3,4)37(51)52/h26-28,30-32,45,48,54H,11-25H2,1-10H3,(H,51,52)/t28-,30+,31+,32+,40-,41-,42-,43+,44-/m1/s1. The van der Waals surface area contributed by atoms with Crippen LogP contribution < -0.4 is 5.32 Å². The first kappa shape index (κ1) is 41.7. The first-order valence-electron chi connectivity index (χ1n) is 21.0. The number of thiol groups is 1. The number of nitrogens with zero attached hydrogens (tertiary/aromatic N) is 1. The minimum absolute atomic E-state index is 0.00894. The largest absolute Gasteiger partial charge is 0.481 e. The van der Waals surface area contributed by atoms with Gasteiger partial charge in [-0.2, -0.15) is 12.6 Å². The number of Topliss-reactive ketones (excluding diaryl/α,β-unsaturated/α-hetero) is 1. The lowest BCUT2D eigenvalue weighted by molar-refractivity contribution is -0.223. The average molecular weight is 771 g/mol. The minimum atomic E-state index is -1.20. The molecule has 0 spiro atoms. The van der Waals surface area contributed by atoms with E-state index in [4.69, 9.17) is 17.4 Å². The average Bonchev–Trinajstić information content (AvgIpc) is 3.83. The zero-order chi connectivity index (χ0) is 40.0. The molecule has 0 aromatic heterocycles. The lowest BCUT2D eigenvalue weighted by Crippen LogP contribution is -2.71. The zero-order valence-electron chi connectivity index (χ0n) is 34.9. The van der Waals surface area contributed by atoms with Crippen LogP contribution in [-0.4, -0.2) is 82.4 Å². The first-order valence-corrected chi connectivity index (χ1v) is 21.4. The van der Waals surface area contributed by atoms with Crippen molar-refractivity contribution in [2.75, 3.05) is 26.7 Å². The van der Waals surface area contributed by atoms with Gasteiger partial charge in [0.2, 0.25) is 5.91 Å². The van der Waals surface area contributed by atoms with Crippen molar-refractivity contribution in [2.24, 2.45) is 56.2 Å². The van der Waals surface area contributed by atoms with Crippen molar-refractivity contribution in [3.8, 4) is 0 Å². The summed E-state index contributed by atoms with van der Waals surface area (Å²) in [5, 5.41) is 25.1. The van der Waals surface area contributed by atoms with Gasteiger partial charge in [0.05, 0.1) is 24.5 Å². The summed E-state index contributed by atoms with van der Waals surface area (Å²) in [5.41, 5.74) is -0.493. The van der Waals surface area contributed by atoms with Gasteiger partial charge in [0.25, 0.3) is 0 Å². The Morgan fingerprint density at radius 2 is 1.59 bits per heavy atom. The minimum Gasteiger partial charge on any atom is -0.481 e. The van der Waals surface area contributed by atoms with E-state index in [1.807, 2.05) is 4.90 Å². The molecule has 0 radical (unpaired) electrons. The molecule has 0 aliphatic heterocycles. The Morgan fingerprint density at radius 3 is 2.19 bits per heavy atom. The van der Waals surface area contributed by atoms with Crippen LogP contribution in [0.2, 0.25) is 0 Å². The topological polar surface area (TPSA) is 133 Å². The van der Waals surface area contributed by atoms with Crippen LogP contribution in [0.25, 0.3) is 0 Å². The fourth-order valence-corrected chi connectivity index (χ4v) is 13.8. The number of rotatable bonds is 12. The molecule has 0 unspecified atom stereocenters. The van der Waals surface area contributed by atoms with Gasteiger partial charge in [-0.1, -0.05) is 54.0 Å². The highest BCUT2D eigenvalue weighted by Gasteiger charge is 2.74. The third-order valence-corrected chi connectivity index (χ3v) is 18.4. The highest BCUT2D eigenvalue weighted by Crippen LogP contribution is 2.78. The van der Waals surface area contributed by atoms with Crippen molar-refractivity contribution >= 4 is 36.3 Å². The Labute approximate surface area is 330 Å². The molecule has 1 amide bonds. The molecule has 0 aromatic carbocycles. The van der Waals surface area contributed by atoms with Crippen molar-refractivity contribution in [3.63, 3.8) is 0 Å². The highest BCUT2D eigenvalue weighted by molar-refractivity contribution is 7.82. The van der Waals surface area contributed by atoms with Gasteiger partial charge in [0.15, 0.2) is 5.78 Å². The summed E-state index contributed by atoms with van der Waals surface area (Å²) in [6, 6.07) is 0.